The molecule has 11 atom stereocenters. The van der Waals surface area contributed by atoms with Crippen molar-refractivity contribution in [3.05, 3.63) is 29.8 Å². The van der Waals surface area contributed by atoms with Crippen LogP contribution in [0.2, 0.25) is 0 Å². The molecule has 10 amide bonds. The molecule has 81 heavy (non-hydrogen) atoms. The predicted octanol–water partition coefficient (Wildman–Crippen LogP) is -4.64. The van der Waals surface area contributed by atoms with Gasteiger partial charge >= 0.3 is 11.9 Å². The molecular weight excluding hydrogens is 1070 g/mol. The van der Waals surface area contributed by atoms with Crippen LogP contribution in [0.5, 0.6) is 5.75 Å². The van der Waals surface area contributed by atoms with Gasteiger partial charge in [0.25, 0.3) is 0 Å². The molecule has 15 N–H and O–H groups in total. The number of carbonyl (C=O) groups excluding carboxylic acids is 10. The lowest BCUT2D eigenvalue weighted by Crippen LogP contribution is -2.62. The number of aliphatic hydroxyl groups is 4. The van der Waals surface area contributed by atoms with Crippen LogP contribution in [0.1, 0.15) is 103 Å². The van der Waals surface area contributed by atoms with Crippen molar-refractivity contribution in [2.45, 2.75) is 165 Å². The molecule has 1 aromatic rings. The van der Waals surface area contributed by atoms with E-state index in [1.54, 1.807) is 13.8 Å². The monoisotopic (exact) mass is 1150 g/mol. The lowest BCUT2D eigenvalue weighted by atomic mass is 9.83. The summed E-state index contributed by atoms with van der Waals surface area (Å²) in [5.41, 5.74) is 0.472. The van der Waals surface area contributed by atoms with Crippen LogP contribution in [-0.2, 0) is 64.0 Å². The molecule has 0 unspecified atom stereocenters. The number of nitrogens with one attached hydrogen (secondary N) is 8. The fourth-order valence-corrected chi connectivity index (χ4v) is 9.84. The number of rotatable bonds is 30. The van der Waals surface area contributed by atoms with Crippen molar-refractivity contribution in [3.8, 4) is 5.75 Å². The van der Waals surface area contributed by atoms with Gasteiger partial charge in [0.1, 0.15) is 66.2 Å². The van der Waals surface area contributed by atoms with Crippen molar-refractivity contribution in [1.29, 1.82) is 0 Å². The number of carboxylic acids is 2. The number of phenolic OH excluding ortho intramolecular Hbond substituents is 1. The number of carboxylic acid groups (broad SMARTS) is 2. The number of benzene rings is 1. The van der Waals surface area contributed by atoms with Crippen molar-refractivity contribution < 1.29 is 93.3 Å². The van der Waals surface area contributed by atoms with Crippen LogP contribution in [0.15, 0.2) is 24.3 Å². The van der Waals surface area contributed by atoms with Gasteiger partial charge < -0.3 is 88.1 Å². The van der Waals surface area contributed by atoms with Crippen LogP contribution in [0.25, 0.3) is 0 Å². The van der Waals surface area contributed by atoms with Gasteiger partial charge in [-0.15, -0.1) is 0 Å². The van der Waals surface area contributed by atoms with Gasteiger partial charge in [-0.2, -0.15) is 0 Å². The Balaban J connectivity index is 1.39. The van der Waals surface area contributed by atoms with Gasteiger partial charge in [-0.05, 0) is 75.0 Å². The van der Waals surface area contributed by atoms with Crippen molar-refractivity contribution in [2.24, 2.45) is 11.8 Å². The number of hydrogen-bond donors (Lipinski definition) is 15. The number of aromatic hydroxyl groups is 1. The molecular formula is C52H78N10O19. The summed E-state index contributed by atoms with van der Waals surface area (Å²) in [4.78, 5) is 161. The summed E-state index contributed by atoms with van der Waals surface area (Å²) in [7, 11) is 0. The Morgan fingerprint density at radius 3 is 1.58 bits per heavy atom. The van der Waals surface area contributed by atoms with E-state index < -0.39 is 183 Å². The SMILES string of the molecule is CC[C@H](C)[C@H](NC(=O)[C@@H]1CCCN1C(=O)[C@H](CO)NC(=O)[C@H](Cc1ccc(O)cc1)NC(=O)CCC(=O)O)C(=O)N1CCC[C@H]1C(=O)N[C@@H](CO)C(=O)N[C@@H](CO)C(=O)N[C@@H](C)C(=O)N[C@H](C(=O)N[C@@H](CO)C(=O)O)C1CCCCC1. The Morgan fingerprint density at radius 2 is 1.04 bits per heavy atom. The van der Waals surface area contributed by atoms with Crippen molar-refractivity contribution in [1.82, 2.24) is 52.3 Å². The van der Waals surface area contributed by atoms with Gasteiger partial charge in [-0.1, -0.05) is 51.7 Å². The summed E-state index contributed by atoms with van der Waals surface area (Å²) >= 11 is 0. The van der Waals surface area contributed by atoms with Crippen LogP contribution >= 0.6 is 0 Å². The number of phenols is 1. The Morgan fingerprint density at radius 1 is 0.531 bits per heavy atom. The van der Waals surface area contributed by atoms with Crippen LogP contribution in [0, 0.1) is 11.8 Å². The number of likely N-dealkylation sites (tertiary alicyclic amines) is 2. The standard InChI is InChI=1S/C52H78N10O19/c1-4-27(2)41(59-48(76)38-13-8-20-61(38)50(78)35(25-65)57-44(72)32(54-39(68)18-19-40(69)70)22-29-14-16-31(67)17-15-29)51(79)62-21-9-12-37(62)47(75)56-34(24-64)46(74)55-33(23-63)45(73)53-28(3)43(71)60-42(30-10-6-5-7-11-30)49(77)58-36(26-66)52(80)81/h14-17,27-28,30,32-38,41-42,63-67H,4-13,18-26H2,1-3H3,(H,53,73)(H,54,68)(H,55,74)(H,56,75)(H,57,72)(H,58,77)(H,59,76)(H,60,71)(H,69,70)(H,80,81)/t27-,28-,32-,33-,34-,35-,36-,37-,38-,41-,42-/m0/s1. The topological polar surface area (TPSA) is 449 Å². The highest BCUT2D eigenvalue weighted by atomic mass is 16.4. The van der Waals surface area contributed by atoms with Crippen LogP contribution < -0.4 is 42.5 Å². The second-order valence-corrected chi connectivity index (χ2v) is 20.6. The quantitative estimate of drug-likeness (QED) is 0.0344. The van der Waals surface area contributed by atoms with Crippen LogP contribution in [-0.4, -0.2) is 216 Å². The van der Waals surface area contributed by atoms with Crippen molar-refractivity contribution in [2.75, 3.05) is 39.5 Å². The number of nitrogens with zero attached hydrogens (tertiary/aromatic N) is 2. The molecule has 29 heteroatoms. The third-order valence-electron chi connectivity index (χ3n) is 14.7. The van der Waals surface area contributed by atoms with Gasteiger partial charge in [0.2, 0.25) is 59.1 Å². The normalized spacial score (nSPS) is 19.6. The first-order valence-electron chi connectivity index (χ1n) is 27.2. The lowest BCUT2D eigenvalue weighted by Gasteiger charge is -2.34. The van der Waals surface area contributed by atoms with Crippen LogP contribution in [0.4, 0.5) is 0 Å². The molecule has 1 aromatic carbocycles. The zero-order valence-electron chi connectivity index (χ0n) is 45.6. The van der Waals surface area contributed by atoms with Crippen molar-refractivity contribution in [3.63, 3.8) is 0 Å². The molecule has 0 spiro atoms. The van der Waals surface area contributed by atoms with E-state index in [0.717, 1.165) is 24.2 Å². The Hall–Kier alpha value is -7.50. The fraction of sp³-hybridized carbons (Fsp3) is 0.654. The summed E-state index contributed by atoms with van der Waals surface area (Å²) < 4.78 is 0. The second kappa shape index (κ2) is 32.1. The molecule has 1 aliphatic carbocycles. The first kappa shape index (κ1) is 66.0. The van der Waals surface area contributed by atoms with Crippen molar-refractivity contribution >= 4 is 71.0 Å². The smallest absolute Gasteiger partial charge is 0.328 e. The lowest BCUT2D eigenvalue weighted by molar-refractivity contribution is -0.146. The molecule has 0 aromatic heterocycles. The molecule has 1 saturated carbocycles. The predicted molar refractivity (Wildman–Crippen MR) is 281 cm³/mol. The number of aliphatic hydroxyl groups excluding tert-OH is 4. The maximum absolute atomic E-state index is 14.4. The summed E-state index contributed by atoms with van der Waals surface area (Å²) in [5, 5.41) is 87.5. The molecule has 2 aliphatic heterocycles. The van der Waals surface area contributed by atoms with E-state index in [9.17, 15) is 88.2 Å². The van der Waals surface area contributed by atoms with E-state index in [1.807, 2.05) is 0 Å². The molecule has 0 bridgehead atoms. The van der Waals surface area contributed by atoms with E-state index in [2.05, 4.69) is 42.5 Å². The first-order chi connectivity index (χ1) is 38.5. The number of aliphatic carboxylic acids is 2. The number of hydrogen-bond acceptors (Lipinski definition) is 17. The van der Waals surface area contributed by atoms with E-state index >= 15 is 0 Å². The highest BCUT2D eigenvalue weighted by molar-refractivity contribution is 5.99. The Kier molecular flexibility index (Phi) is 26.1. The molecule has 450 valence electrons. The van der Waals surface area contributed by atoms with Gasteiger partial charge in [-0.3, -0.25) is 52.7 Å². The molecule has 2 heterocycles. The minimum Gasteiger partial charge on any atom is -0.508 e. The molecule has 4 rings (SSSR count). The van der Waals surface area contributed by atoms with Gasteiger partial charge in [0, 0.05) is 25.9 Å². The van der Waals surface area contributed by atoms with Gasteiger partial charge in [0.05, 0.1) is 32.8 Å². The Bertz CT molecular complexity index is 2410. The first-order valence-corrected chi connectivity index (χ1v) is 27.2. The van der Waals surface area contributed by atoms with E-state index in [-0.39, 0.29) is 38.1 Å². The van der Waals surface area contributed by atoms with E-state index in [4.69, 9.17) is 5.11 Å². The average Bonchev–Trinajstić information content (AvgIpc) is 4.18. The molecule has 3 fully saturated rings. The fourth-order valence-electron chi connectivity index (χ4n) is 9.84. The highest BCUT2D eigenvalue weighted by Gasteiger charge is 2.44. The van der Waals surface area contributed by atoms with Gasteiger partial charge in [0.15, 0.2) is 0 Å². The highest BCUT2D eigenvalue weighted by Crippen LogP contribution is 2.28. The average molecular weight is 1150 g/mol. The molecule has 29 nitrogen and oxygen atoms in total. The summed E-state index contributed by atoms with van der Waals surface area (Å²) in [6.45, 7) is 0.835. The maximum Gasteiger partial charge on any atom is 0.328 e. The maximum atomic E-state index is 14.4. The largest absolute Gasteiger partial charge is 0.508 e. The van der Waals surface area contributed by atoms with E-state index in [0.29, 0.717) is 37.7 Å². The summed E-state index contributed by atoms with van der Waals surface area (Å²) in [6.07, 6.45) is 3.40. The third kappa shape index (κ3) is 19.1. The zero-order valence-corrected chi connectivity index (χ0v) is 45.6. The third-order valence-corrected chi connectivity index (χ3v) is 14.7. The summed E-state index contributed by atoms with van der Waals surface area (Å²) in [6, 6.07) is -8.77. The Labute approximate surface area is 467 Å². The molecule has 0 radical (unpaired) electrons. The van der Waals surface area contributed by atoms with Crippen LogP contribution in [0.3, 0.4) is 0 Å². The minimum atomic E-state index is -1.74. The molecule has 2 saturated heterocycles. The van der Waals surface area contributed by atoms with E-state index in [1.165, 1.54) is 36.1 Å². The van der Waals surface area contributed by atoms with Gasteiger partial charge in [-0.25, -0.2) is 4.79 Å². The number of amides is 10. The zero-order chi connectivity index (χ0) is 60.1. The minimum absolute atomic E-state index is 0.0104. The molecule has 3 aliphatic rings. The second-order valence-electron chi connectivity index (χ2n) is 20.6. The number of carbonyl (C=O) groups is 12. The summed E-state index contributed by atoms with van der Waals surface area (Å²) in [5.74, 6) is -12.6.